The van der Waals surface area contributed by atoms with Gasteiger partial charge in [-0.1, -0.05) is 18.2 Å². The summed E-state index contributed by atoms with van der Waals surface area (Å²) >= 11 is 0. The Bertz CT molecular complexity index is 864. The summed E-state index contributed by atoms with van der Waals surface area (Å²) in [5.41, 5.74) is 0.472. The van der Waals surface area contributed by atoms with Gasteiger partial charge in [-0.3, -0.25) is 9.59 Å². The van der Waals surface area contributed by atoms with E-state index < -0.39 is 33.3 Å². The zero-order valence-corrected chi connectivity index (χ0v) is 13.3. The lowest BCUT2D eigenvalue weighted by Gasteiger charge is -2.09. The zero-order chi connectivity index (χ0) is 17.7. The van der Waals surface area contributed by atoms with Gasteiger partial charge in [0.2, 0.25) is 10.0 Å². The fraction of sp³-hybridized carbons (Fsp3) is 0.125. The number of sulfonamides is 1. The maximum atomic E-state index is 13.0. The van der Waals surface area contributed by atoms with E-state index >= 15 is 0 Å². The van der Waals surface area contributed by atoms with Crippen molar-refractivity contribution in [2.45, 2.75) is 0 Å². The predicted octanol–water partition coefficient (Wildman–Crippen LogP) is 1.08. The second kappa shape index (κ2) is 7.33. The van der Waals surface area contributed by atoms with Crippen molar-refractivity contribution in [2.75, 3.05) is 12.3 Å². The normalized spacial score (nSPS) is 11.1. The van der Waals surface area contributed by atoms with Crippen LogP contribution in [-0.4, -0.2) is 32.4 Å². The summed E-state index contributed by atoms with van der Waals surface area (Å²) in [4.78, 5) is 24.7. The Morgan fingerprint density at radius 3 is 2.17 bits per heavy atom. The van der Waals surface area contributed by atoms with Gasteiger partial charge in [0.15, 0.2) is 5.78 Å². The van der Waals surface area contributed by atoms with Gasteiger partial charge >= 0.3 is 0 Å². The number of hydrogen-bond donors (Lipinski definition) is 2. The highest BCUT2D eigenvalue weighted by molar-refractivity contribution is 7.89. The molecule has 0 aliphatic carbocycles. The lowest BCUT2D eigenvalue weighted by atomic mass is 9.98. The van der Waals surface area contributed by atoms with Crippen LogP contribution >= 0.6 is 0 Å². The molecule has 24 heavy (non-hydrogen) atoms. The summed E-state index contributed by atoms with van der Waals surface area (Å²) in [6, 6.07) is 11.1. The van der Waals surface area contributed by atoms with E-state index in [9.17, 15) is 22.4 Å². The number of nitrogens with two attached hydrogens (primary N) is 1. The molecule has 2 aromatic carbocycles. The SMILES string of the molecule is NS(=O)(=O)CCNC(=O)c1ccccc1C(=O)c1ccc(F)cc1. The number of primary sulfonamides is 1. The van der Waals surface area contributed by atoms with E-state index in [0.29, 0.717) is 0 Å². The number of carbonyl (C=O) groups is 2. The van der Waals surface area contributed by atoms with E-state index in [1.54, 1.807) is 12.1 Å². The third kappa shape index (κ3) is 4.71. The van der Waals surface area contributed by atoms with Crippen LogP contribution in [0.3, 0.4) is 0 Å². The summed E-state index contributed by atoms with van der Waals surface area (Å²) in [6.45, 7) is -0.170. The number of halogens is 1. The monoisotopic (exact) mass is 350 g/mol. The molecule has 126 valence electrons. The third-order valence-corrected chi connectivity index (χ3v) is 3.97. The Kier molecular flexibility index (Phi) is 5.42. The van der Waals surface area contributed by atoms with Gasteiger partial charge in [0.05, 0.1) is 11.3 Å². The maximum absolute atomic E-state index is 13.0. The lowest BCUT2D eigenvalue weighted by molar-refractivity contribution is 0.0944. The summed E-state index contributed by atoms with van der Waals surface area (Å²) in [5.74, 6) is -1.91. The van der Waals surface area contributed by atoms with Crippen LogP contribution in [0.5, 0.6) is 0 Å². The standard InChI is InChI=1S/C16H15FN2O4S/c17-12-7-5-11(6-8-12)15(20)13-3-1-2-4-14(13)16(21)19-9-10-24(18,22)23/h1-8H,9-10H2,(H,19,21)(H2,18,22,23). The van der Waals surface area contributed by atoms with Crippen LogP contribution in [0.15, 0.2) is 48.5 Å². The Balaban J connectivity index is 2.22. The minimum absolute atomic E-state index is 0.0984. The first-order valence-corrected chi connectivity index (χ1v) is 8.67. The highest BCUT2D eigenvalue weighted by Gasteiger charge is 2.18. The average molecular weight is 350 g/mol. The second-order valence-electron chi connectivity index (χ2n) is 5.00. The van der Waals surface area contributed by atoms with E-state index in [1.165, 1.54) is 24.3 Å². The summed E-state index contributed by atoms with van der Waals surface area (Å²) in [6.07, 6.45) is 0. The van der Waals surface area contributed by atoms with Gasteiger partial charge in [0.1, 0.15) is 5.82 Å². The zero-order valence-electron chi connectivity index (χ0n) is 12.5. The van der Waals surface area contributed by atoms with Crippen molar-refractivity contribution in [3.05, 3.63) is 71.0 Å². The molecule has 0 radical (unpaired) electrons. The number of nitrogens with one attached hydrogen (secondary N) is 1. The fourth-order valence-corrected chi connectivity index (χ4v) is 2.42. The first-order valence-electron chi connectivity index (χ1n) is 6.96. The summed E-state index contributed by atoms with van der Waals surface area (Å²) < 4.78 is 34.7. The van der Waals surface area contributed by atoms with Crippen molar-refractivity contribution in [1.82, 2.24) is 5.32 Å². The molecule has 0 aliphatic rings. The highest BCUT2D eigenvalue weighted by Crippen LogP contribution is 2.15. The molecule has 0 aliphatic heterocycles. The summed E-state index contributed by atoms with van der Waals surface area (Å²) in [5, 5.41) is 7.26. The van der Waals surface area contributed by atoms with Crippen molar-refractivity contribution < 1.29 is 22.4 Å². The largest absolute Gasteiger partial charge is 0.351 e. The van der Waals surface area contributed by atoms with E-state index in [-0.39, 0.29) is 23.2 Å². The van der Waals surface area contributed by atoms with E-state index in [0.717, 1.165) is 12.1 Å². The van der Waals surface area contributed by atoms with Crippen LogP contribution in [0, 0.1) is 5.82 Å². The molecule has 8 heteroatoms. The van der Waals surface area contributed by atoms with Gasteiger partial charge in [-0.25, -0.2) is 17.9 Å². The van der Waals surface area contributed by atoms with Gasteiger partial charge in [-0.2, -0.15) is 0 Å². The number of carbonyl (C=O) groups excluding carboxylic acids is 2. The molecular weight excluding hydrogens is 335 g/mol. The van der Waals surface area contributed by atoms with Crippen LogP contribution in [0.1, 0.15) is 26.3 Å². The van der Waals surface area contributed by atoms with Crippen LogP contribution < -0.4 is 10.5 Å². The molecule has 0 aromatic heterocycles. The number of amides is 1. The van der Waals surface area contributed by atoms with E-state index in [1.807, 2.05) is 0 Å². The molecule has 2 rings (SSSR count). The van der Waals surface area contributed by atoms with Gasteiger partial charge < -0.3 is 5.32 Å². The molecule has 3 N–H and O–H groups in total. The van der Waals surface area contributed by atoms with Crippen molar-refractivity contribution >= 4 is 21.7 Å². The molecule has 0 heterocycles. The third-order valence-electron chi connectivity index (χ3n) is 3.19. The fourth-order valence-electron chi connectivity index (χ4n) is 2.04. The molecule has 0 atom stereocenters. The molecule has 0 saturated heterocycles. The van der Waals surface area contributed by atoms with Gasteiger partial charge in [-0.05, 0) is 30.3 Å². The Hall–Kier alpha value is -2.58. The molecule has 1 amide bonds. The smallest absolute Gasteiger partial charge is 0.252 e. The van der Waals surface area contributed by atoms with Gasteiger partial charge in [0.25, 0.3) is 5.91 Å². The molecule has 0 unspecified atom stereocenters. The van der Waals surface area contributed by atoms with Crippen molar-refractivity contribution in [2.24, 2.45) is 5.14 Å². The molecule has 0 saturated carbocycles. The average Bonchev–Trinajstić information content (AvgIpc) is 2.53. The minimum Gasteiger partial charge on any atom is -0.351 e. The van der Waals surface area contributed by atoms with Crippen LogP contribution in [0.25, 0.3) is 0 Å². The molecule has 0 fully saturated rings. The topological polar surface area (TPSA) is 106 Å². The quantitative estimate of drug-likeness (QED) is 0.760. The second-order valence-corrected chi connectivity index (χ2v) is 6.74. The molecule has 6 nitrogen and oxygen atoms in total. The number of rotatable bonds is 6. The number of benzene rings is 2. The van der Waals surface area contributed by atoms with Crippen molar-refractivity contribution in [1.29, 1.82) is 0 Å². The molecule has 0 bridgehead atoms. The number of ketones is 1. The van der Waals surface area contributed by atoms with Crippen LogP contribution in [0.4, 0.5) is 4.39 Å². The molecule has 0 spiro atoms. The first-order chi connectivity index (χ1) is 11.3. The van der Waals surface area contributed by atoms with Crippen molar-refractivity contribution in [3.63, 3.8) is 0 Å². The minimum atomic E-state index is -3.69. The van der Waals surface area contributed by atoms with Crippen LogP contribution in [0.2, 0.25) is 0 Å². The Labute approximate surface area is 138 Å². The predicted molar refractivity (Wildman–Crippen MR) is 86.6 cm³/mol. The maximum Gasteiger partial charge on any atom is 0.252 e. The highest BCUT2D eigenvalue weighted by atomic mass is 32.2. The Morgan fingerprint density at radius 1 is 1.00 bits per heavy atom. The van der Waals surface area contributed by atoms with Crippen LogP contribution in [-0.2, 0) is 10.0 Å². The summed E-state index contributed by atoms with van der Waals surface area (Å²) in [7, 11) is -3.69. The molecular formula is C16H15FN2O4S. The van der Waals surface area contributed by atoms with E-state index in [2.05, 4.69) is 5.32 Å². The Morgan fingerprint density at radius 2 is 1.58 bits per heavy atom. The van der Waals surface area contributed by atoms with Gasteiger partial charge in [0, 0.05) is 17.7 Å². The van der Waals surface area contributed by atoms with Crippen molar-refractivity contribution in [3.8, 4) is 0 Å². The first kappa shape index (κ1) is 17.8. The van der Waals surface area contributed by atoms with Gasteiger partial charge in [-0.15, -0.1) is 0 Å². The molecule has 2 aromatic rings. The lowest BCUT2D eigenvalue weighted by Crippen LogP contribution is -2.32. The van der Waals surface area contributed by atoms with E-state index in [4.69, 9.17) is 5.14 Å². The number of hydrogen-bond acceptors (Lipinski definition) is 4.